The van der Waals surface area contributed by atoms with Crippen LogP contribution >= 0.6 is 11.6 Å². The van der Waals surface area contributed by atoms with Crippen molar-refractivity contribution in [3.8, 4) is 0 Å². The topological polar surface area (TPSA) is 59.2 Å². The Kier molecular flexibility index (Phi) is 3.77. The first-order valence-electron chi connectivity index (χ1n) is 6.75. The molecule has 0 amide bonds. The predicted octanol–water partition coefficient (Wildman–Crippen LogP) is 1.90. The van der Waals surface area contributed by atoms with Gasteiger partial charge in [-0.3, -0.25) is 4.98 Å². The van der Waals surface area contributed by atoms with Crippen molar-refractivity contribution in [3.63, 3.8) is 0 Å². The summed E-state index contributed by atoms with van der Waals surface area (Å²) >= 11 is 5.97. The van der Waals surface area contributed by atoms with Crippen molar-refractivity contribution in [3.05, 3.63) is 12.4 Å². The number of tetrazole rings is 1. The van der Waals surface area contributed by atoms with Gasteiger partial charge in [-0.05, 0) is 23.3 Å². The van der Waals surface area contributed by atoms with Gasteiger partial charge >= 0.3 is 0 Å². The summed E-state index contributed by atoms with van der Waals surface area (Å²) in [5.74, 6) is 1.53. The van der Waals surface area contributed by atoms with Crippen molar-refractivity contribution in [2.75, 3.05) is 17.3 Å². The van der Waals surface area contributed by atoms with Crippen LogP contribution in [0.5, 0.6) is 0 Å². The Morgan fingerprint density at radius 2 is 2.11 bits per heavy atom. The Balaban J connectivity index is 1.96. The van der Waals surface area contributed by atoms with E-state index in [1.165, 1.54) is 32.1 Å². The minimum atomic E-state index is 0.518. The summed E-state index contributed by atoms with van der Waals surface area (Å²) in [5, 5.41) is 11.7. The summed E-state index contributed by atoms with van der Waals surface area (Å²) in [6.45, 7) is 0.798. The van der Waals surface area contributed by atoms with E-state index in [-0.39, 0.29) is 0 Å². The van der Waals surface area contributed by atoms with Crippen molar-refractivity contribution in [1.29, 1.82) is 0 Å². The zero-order chi connectivity index (χ0) is 13.1. The molecular weight excluding hydrogens is 264 g/mol. The molecule has 1 fully saturated rings. The average molecular weight is 281 g/mol. The number of halogens is 1. The second-order valence-corrected chi connectivity index (χ2v) is 5.27. The Morgan fingerprint density at radius 3 is 2.89 bits per heavy atom. The van der Waals surface area contributed by atoms with Gasteiger partial charge in [0, 0.05) is 18.5 Å². The van der Waals surface area contributed by atoms with Gasteiger partial charge in [0.05, 0.1) is 12.4 Å². The Morgan fingerprint density at radius 1 is 1.26 bits per heavy atom. The fourth-order valence-electron chi connectivity index (χ4n) is 2.83. The van der Waals surface area contributed by atoms with Crippen LogP contribution in [0.4, 0.5) is 5.82 Å². The minimum Gasteiger partial charge on any atom is -0.351 e. The lowest BCUT2D eigenvalue weighted by Gasteiger charge is -2.35. The van der Waals surface area contributed by atoms with Crippen LogP contribution in [0.15, 0.2) is 12.4 Å². The normalized spacial score (nSPS) is 16.9. The zero-order valence-corrected chi connectivity index (χ0v) is 11.5. The van der Waals surface area contributed by atoms with Crippen molar-refractivity contribution in [1.82, 2.24) is 25.0 Å². The van der Waals surface area contributed by atoms with Gasteiger partial charge in [-0.2, -0.15) is 4.52 Å². The fraction of sp³-hybridized carbons (Fsp3) is 0.667. The second kappa shape index (κ2) is 5.69. The van der Waals surface area contributed by atoms with Crippen molar-refractivity contribution in [2.24, 2.45) is 0 Å². The van der Waals surface area contributed by atoms with Crippen molar-refractivity contribution in [2.45, 2.75) is 38.1 Å². The summed E-state index contributed by atoms with van der Waals surface area (Å²) in [6.07, 6.45) is 9.79. The molecule has 0 spiro atoms. The molecule has 19 heavy (non-hydrogen) atoms. The van der Waals surface area contributed by atoms with Crippen LogP contribution in [-0.4, -0.2) is 43.5 Å². The van der Waals surface area contributed by atoms with E-state index in [9.17, 15) is 0 Å². The van der Waals surface area contributed by atoms with Crippen LogP contribution in [0, 0.1) is 0 Å². The molecule has 3 rings (SSSR count). The van der Waals surface area contributed by atoms with E-state index < -0.39 is 0 Å². The standard InChI is InChI=1S/C12H17ClN6/c13-6-7-18(10-4-2-1-3-5-10)12-9-14-8-11-15-16-17-19(11)12/h8-10H,1-7H2. The lowest BCUT2D eigenvalue weighted by atomic mass is 9.94. The lowest BCUT2D eigenvalue weighted by Crippen LogP contribution is -2.39. The number of aromatic nitrogens is 5. The number of hydrogen-bond acceptors (Lipinski definition) is 5. The highest BCUT2D eigenvalue weighted by molar-refractivity contribution is 6.18. The highest BCUT2D eigenvalue weighted by atomic mass is 35.5. The third-order valence-corrected chi connectivity index (χ3v) is 3.89. The van der Waals surface area contributed by atoms with Crippen LogP contribution in [0.3, 0.4) is 0 Å². The van der Waals surface area contributed by atoms with Crippen LogP contribution < -0.4 is 4.90 Å². The van der Waals surface area contributed by atoms with Crippen LogP contribution in [0.25, 0.3) is 5.65 Å². The lowest BCUT2D eigenvalue weighted by molar-refractivity contribution is 0.414. The number of rotatable bonds is 4. The van der Waals surface area contributed by atoms with E-state index in [1.807, 2.05) is 6.20 Å². The highest BCUT2D eigenvalue weighted by Crippen LogP contribution is 2.26. The van der Waals surface area contributed by atoms with Crippen molar-refractivity contribution >= 4 is 23.1 Å². The molecule has 7 heteroatoms. The minimum absolute atomic E-state index is 0.518. The molecule has 0 N–H and O–H groups in total. The van der Waals surface area contributed by atoms with E-state index in [1.54, 1.807) is 10.7 Å². The van der Waals surface area contributed by atoms with Crippen LogP contribution in [0.2, 0.25) is 0 Å². The largest absolute Gasteiger partial charge is 0.351 e. The van der Waals surface area contributed by atoms with Crippen LogP contribution in [-0.2, 0) is 0 Å². The second-order valence-electron chi connectivity index (χ2n) is 4.89. The van der Waals surface area contributed by atoms with E-state index in [0.29, 0.717) is 17.6 Å². The zero-order valence-electron chi connectivity index (χ0n) is 10.7. The average Bonchev–Trinajstić information content (AvgIpc) is 2.94. The summed E-state index contributed by atoms with van der Waals surface area (Å²) in [6, 6.07) is 0.518. The third-order valence-electron chi connectivity index (χ3n) is 3.73. The van der Waals surface area contributed by atoms with E-state index in [0.717, 1.165) is 12.4 Å². The molecule has 102 valence electrons. The van der Waals surface area contributed by atoms with Gasteiger partial charge in [-0.25, -0.2) is 0 Å². The fourth-order valence-corrected chi connectivity index (χ4v) is 3.01. The van der Waals surface area contributed by atoms with Gasteiger partial charge in [0.1, 0.15) is 0 Å². The molecule has 6 nitrogen and oxygen atoms in total. The van der Waals surface area contributed by atoms with Gasteiger partial charge in [-0.1, -0.05) is 19.3 Å². The molecule has 0 aromatic carbocycles. The Labute approximate surface area is 116 Å². The number of nitrogens with zero attached hydrogens (tertiary/aromatic N) is 6. The summed E-state index contributed by atoms with van der Waals surface area (Å²) in [5.41, 5.74) is 0.674. The first-order valence-corrected chi connectivity index (χ1v) is 7.28. The van der Waals surface area contributed by atoms with E-state index in [4.69, 9.17) is 11.6 Å². The molecule has 0 atom stereocenters. The summed E-state index contributed by atoms with van der Waals surface area (Å²) in [7, 11) is 0. The molecule has 0 aliphatic heterocycles. The maximum atomic E-state index is 5.97. The summed E-state index contributed by atoms with van der Waals surface area (Å²) in [4.78, 5) is 6.54. The highest BCUT2D eigenvalue weighted by Gasteiger charge is 2.23. The molecule has 0 unspecified atom stereocenters. The number of hydrogen-bond donors (Lipinski definition) is 0. The van der Waals surface area contributed by atoms with Gasteiger partial charge < -0.3 is 4.90 Å². The smallest absolute Gasteiger partial charge is 0.199 e. The molecule has 2 aromatic heterocycles. The number of alkyl halides is 1. The molecule has 2 aromatic rings. The molecule has 2 heterocycles. The van der Waals surface area contributed by atoms with E-state index in [2.05, 4.69) is 25.4 Å². The molecule has 1 aliphatic rings. The molecule has 0 saturated heterocycles. The van der Waals surface area contributed by atoms with Crippen LogP contribution in [0.1, 0.15) is 32.1 Å². The van der Waals surface area contributed by atoms with Gasteiger partial charge in [0.2, 0.25) is 0 Å². The number of fused-ring (bicyclic) bond motifs is 1. The van der Waals surface area contributed by atoms with Gasteiger partial charge in [0.15, 0.2) is 11.5 Å². The maximum absolute atomic E-state index is 5.97. The monoisotopic (exact) mass is 280 g/mol. The van der Waals surface area contributed by atoms with Crippen molar-refractivity contribution < 1.29 is 0 Å². The predicted molar refractivity (Wildman–Crippen MR) is 73.5 cm³/mol. The van der Waals surface area contributed by atoms with E-state index >= 15 is 0 Å². The first kappa shape index (κ1) is 12.6. The maximum Gasteiger partial charge on any atom is 0.199 e. The quantitative estimate of drug-likeness (QED) is 0.801. The van der Waals surface area contributed by atoms with Gasteiger partial charge in [-0.15, -0.1) is 16.7 Å². The Hall–Kier alpha value is -1.43. The molecule has 1 aliphatic carbocycles. The molecule has 0 bridgehead atoms. The third kappa shape index (κ3) is 2.49. The molecule has 1 saturated carbocycles. The molecule has 0 radical (unpaired) electrons. The summed E-state index contributed by atoms with van der Waals surface area (Å²) < 4.78 is 1.74. The number of anilines is 1. The molecular formula is C12H17ClN6. The SMILES string of the molecule is ClCCN(c1cncc2nnnn12)C1CCCCC1. The van der Waals surface area contributed by atoms with Gasteiger partial charge in [0.25, 0.3) is 0 Å². The first-order chi connectivity index (χ1) is 9.40. The Bertz CT molecular complexity index is 536.